The minimum absolute atomic E-state index is 0.0609. The Balaban J connectivity index is 1.55. The van der Waals surface area contributed by atoms with E-state index in [0.717, 1.165) is 23.6 Å². The lowest BCUT2D eigenvalue weighted by molar-refractivity contribution is 0.176. The van der Waals surface area contributed by atoms with Crippen molar-refractivity contribution in [3.8, 4) is 0 Å². The number of anilines is 1. The predicted octanol–water partition coefficient (Wildman–Crippen LogP) is 5.83. The first-order valence-corrected chi connectivity index (χ1v) is 13.4. The maximum Gasteiger partial charge on any atom is 0.134 e. The van der Waals surface area contributed by atoms with Crippen LogP contribution in [0.25, 0.3) is 0 Å². The van der Waals surface area contributed by atoms with Crippen molar-refractivity contribution >= 4 is 23.6 Å². The van der Waals surface area contributed by atoms with E-state index in [2.05, 4.69) is 67.6 Å². The van der Waals surface area contributed by atoms with Gasteiger partial charge >= 0.3 is 0 Å². The van der Waals surface area contributed by atoms with Crippen molar-refractivity contribution in [2.45, 2.75) is 46.2 Å². The summed E-state index contributed by atoms with van der Waals surface area (Å²) in [6.07, 6.45) is 2.50. The summed E-state index contributed by atoms with van der Waals surface area (Å²) >= 11 is 1.41. The molecule has 2 heterocycles. The molecule has 2 aromatic rings. The molecule has 188 valence electrons. The number of likely N-dealkylation sites (tertiary alicyclic amines) is 1. The van der Waals surface area contributed by atoms with Gasteiger partial charge in [0.1, 0.15) is 18.4 Å². The molecule has 35 heavy (non-hydrogen) atoms. The van der Waals surface area contributed by atoms with Crippen LogP contribution in [0.2, 0.25) is 0 Å². The van der Waals surface area contributed by atoms with Gasteiger partial charge in [0.25, 0.3) is 0 Å². The molecule has 0 amide bonds. The van der Waals surface area contributed by atoms with Crippen LogP contribution < -0.4 is 10.6 Å². The van der Waals surface area contributed by atoms with Crippen molar-refractivity contribution < 1.29 is 4.18 Å². The molecule has 2 saturated heterocycles. The van der Waals surface area contributed by atoms with Gasteiger partial charge in [0, 0.05) is 30.4 Å². The highest BCUT2D eigenvalue weighted by molar-refractivity contribution is 7.94. The summed E-state index contributed by atoms with van der Waals surface area (Å²) in [7, 11) is 2.22. The van der Waals surface area contributed by atoms with Crippen molar-refractivity contribution in [2.75, 3.05) is 37.9 Å². The highest BCUT2D eigenvalue weighted by Gasteiger charge is 2.26. The lowest BCUT2D eigenvalue weighted by atomic mass is 9.96. The molecule has 3 N–H and O–H groups in total. The van der Waals surface area contributed by atoms with Crippen molar-refractivity contribution in [3.63, 3.8) is 0 Å². The average Bonchev–Trinajstić information content (AvgIpc) is 3.18. The van der Waals surface area contributed by atoms with Crippen LogP contribution in [-0.4, -0.2) is 48.3 Å². The second-order valence-electron chi connectivity index (χ2n) is 10.7. The molecule has 6 nitrogen and oxygen atoms in total. The van der Waals surface area contributed by atoms with E-state index in [1.165, 1.54) is 42.6 Å². The fourth-order valence-electron chi connectivity index (χ4n) is 4.68. The van der Waals surface area contributed by atoms with Gasteiger partial charge in [-0.2, -0.15) is 0 Å². The van der Waals surface area contributed by atoms with E-state index >= 15 is 0 Å². The monoisotopic (exact) mass is 493 g/mol. The number of amidine groups is 1. The Morgan fingerprint density at radius 2 is 1.86 bits per heavy atom. The molecule has 0 aliphatic carbocycles. The maximum absolute atomic E-state index is 9.04. The third kappa shape index (κ3) is 7.03. The van der Waals surface area contributed by atoms with E-state index in [9.17, 15) is 0 Å². The van der Waals surface area contributed by atoms with Gasteiger partial charge in [-0.25, -0.2) is 0 Å². The summed E-state index contributed by atoms with van der Waals surface area (Å²) in [5.41, 5.74) is 4.59. The number of nitrogens with one attached hydrogen (secondary N) is 3. The van der Waals surface area contributed by atoms with Crippen molar-refractivity contribution in [2.24, 2.45) is 5.41 Å². The van der Waals surface area contributed by atoms with Crippen LogP contribution in [0, 0.1) is 10.8 Å². The van der Waals surface area contributed by atoms with E-state index in [1.807, 2.05) is 35.2 Å². The zero-order valence-corrected chi connectivity index (χ0v) is 22.3. The predicted molar refractivity (Wildman–Crippen MR) is 147 cm³/mol. The van der Waals surface area contributed by atoms with Gasteiger partial charge in [-0.1, -0.05) is 63.2 Å². The molecule has 0 spiro atoms. The van der Waals surface area contributed by atoms with E-state index in [0.29, 0.717) is 30.9 Å². The summed E-state index contributed by atoms with van der Waals surface area (Å²) in [6, 6.07) is 19.7. The Hall–Kier alpha value is -2.48. The number of para-hydroxylation sites is 1. The topological polar surface area (TPSA) is 63.6 Å². The molecule has 2 aliphatic rings. The lowest BCUT2D eigenvalue weighted by Gasteiger charge is -2.31. The van der Waals surface area contributed by atoms with Gasteiger partial charge < -0.3 is 15.5 Å². The number of benzene rings is 2. The molecule has 1 atom stereocenters. The van der Waals surface area contributed by atoms with Crippen molar-refractivity contribution in [3.05, 3.63) is 77.1 Å². The third-order valence-corrected chi connectivity index (χ3v) is 7.14. The number of nitrogens with zero attached hydrogens (tertiary/aromatic N) is 2. The second-order valence-corrected chi connectivity index (χ2v) is 11.5. The first kappa shape index (κ1) is 25.6. The Morgan fingerprint density at radius 3 is 2.51 bits per heavy atom. The van der Waals surface area contributed by atoms with Gasteiger partial charge in [-0.05, 0) is 67.2 Å². The van der Waals surface area contributed by atoms with Crippen LogP contribution in [0.15, 0.2) is 66.0 Å². The highest BCUT2D eigenvalue weighted by atomic mass is 32.2. The number of rotatable bonds is 7. The standard InChI is InChI=1S/C28H39N5OS/c1-28(2,3)19-33-20-34-35-18-24(26(33)29)27(31-23-9-6-5-7-10-23)30-17-21-12-14-22(15-13-21)25-11-8-16-32(25)4/h5-7,9-10,12-15,25,29-31H,8,11,16-20H2,1-4H3/b27-24+,29-26?. The van der Waals surface area contributed by atoms with Crippen molar-refractivity contribution in [1.82, 2.24) is 15.1 Å². The maximum atomic E-state index is 9.04. The summed E-state index contributed by atoms with van der Waals surface area (Å²) in [4.78, 5) is 4.47. The largest absolute Gasteiger partial charge is 0.367 e. The minimum atomic E-state index is 0.0609. The smallest absolute Gasteiger partial charge is 0.134 e. The summed E-state index contributed by atoms with van der Waals surface area (Å²) in [5, 5.41) is 16.2. The van der Waals surface area contributed by atoms with Gasteiger partial charge in [0.15, 0.2) is 0 Å². The molecule has 7 heteroatoms. The average molecular weight is 494 g/mol. The molecule has 0 radical (unpaired) electrons. The molecular weight excluding hydrogens is 454 g/mol. The van der Waals surface area contributed by atoms with E-state index in [-0.39, 0.29) is 5.41 Å². The summed E-state index contributed by atoms with van der Waals surface area (Å²) in [6.45, 7) is 9.60. The molecule has 2 fully saturated rings. The van der Waals surface area contributed by atoms with Gasteiger partial charge in [0.2, 0.25) is 0 Å². The molecular formula is C28H39N5OS. The Bertz CT molecular complexity index is 1020. The van der Waals surface area contributed by atoms with Gasteiger partial charge in [-0.3, -0.25) is 14.5 Å². The summed E-state index contributed by atoms with van der Waals surface area (Å²) in [5.74, 6) is 1.97. The fraction of sp³-hybridized carbons (Fsp3) is 0.464. The lowest BCUT2D eigenvalue weighted by Crippen LogP contribution is -2.39. The molecule has 0 bridgehead atoms. The van der Waals surface area contributed by atoms with Crippen LogP contribution in [-0.2, 0) is 10.7 Å². The Morgan fingerprint density at radius 1 is 1.11 bits per heavy atom. The van der Waals surface area contributed by atoms with Gasteiger partial charge in [-0.15, -0.1) is 0 Å². The minimum Gasteiger partial charge on any atom is -0.367 e. The molecule has 4 rings (SSSR count). The quantitative estimate of drug-likeness (QED) is 0.422. The molecule has 0 aromatic heterocycles. The van der Waals surface area contributed by atoms with Gasteiger partial charge in [0.05, 0.1) is 5.75 Å². The Kier molecular flexibility index (Phi) is 8.42. The Labute approximate surface area is 214 Å². The molecule has 2 aromatic carbocycles. The molecule has 2 aliphatic heterocycles. The first-order valence-electron chi connectivity index (χ1n) is 12.5. The first-order chi connectivity index (χ1) is 16.8. The van der Waals surface area contributed by atoms with Crippen LogP contribution in [0.5, 0.6) is 0 Å². The fourth-order valence-corrected chi connectivity index (χ4v) is 5.37. The van der Waals surface area contributed by atoms with Crippen LogP contribution >= 0.6 is 12.0 Å². The SMILES string of the molecule is CN1CCCC1c1ccc(CN/C(Nc2ccccc2)=C2/CSOCN(CC(C)(C)C)C2=N)cc1. The third-order valence-electron chi connectivity index (χ3n) is 6.46. The highest BCUT2D eigenvalue weighted by Crippen LogP contribution is 2.30. The summed E-state index contributed by atoms with van der Waals surface area (Å²) < 4.78 is 5.80. The normalized spacial score (nSPS) is 21.1. The molecule has 1 unspecified atom stereocenters. The van der Waals surface area contributed by atoms with Crippen LogP contribution in [0.4, 0.5) is 5.69 Å². The van der Waals surface area contributed by atoms with Crippen LogP contribution in [0.3, 0.4) is 0 Å². The van der Waals surface area contributed by atoms with E-state index in [4.69, 9.17) is 9.59 Å². The van der Waals surface area contributed by atoms with Crippen molar-refractivity contribution in [1.29, 1.82) is 5.41 Å². The number of hydrogen-bond acceptors (Lipinski definition) is 6. The van der Waals surface area contributed by atoms with Crippen LogP contribution in [0.1, 0.15) is 50.8 Å². The van der Waals surface area contributed by atoms with E-state index < -0.39 is 0 Å². The zero-order valence-electron chi connectivity index (χ0n) is 21.4. The molecule has 0 saturated carbocycles. The zero-order chi connectivity index (χ0) is 24.8. The number of hydrogen-bond donors (Lipinski definition) is 3. The second kappa shape index (κ2) is 11.5. The van der Waals surface area contributed by atoms with E-state index in [1.54, 1.807) is 0 Å².